The fourth-order valence-electron chi connectivity index (χ4n) is 3.25. The Hall–Kier alpha value is -2.51. The molecule has 1 atom stereocenters. The third-order valence-corrected chi connectivity index (χ3v) is 4.51. The van der Waals surface area contributed by atoms with Crippen molar-refractivity contribution in [2.75, 3.05) is 5.32 Å². The van der Waals surface area contributed by atoms with E-state index >= 15 is 0 Å². The molecule has 0 bridgehead atoms. The molecule has 1 aliphatic heterocycles. The van der Waals surface area contributed by atoms with Gasteiger partial charge in [0.05, 0.1) is 0 Å². The summed E-state index contributed by atoms with van der Waals surface area (Å²) in [5.41, 5.74) is 1.02. The topological polar surface area (TPSA) is 85.8 Å². The quantitative estimate of drug-likeness (QED) is 0.787. The standard InChI is InChI=1S/C16H22N8/c1-4-11-7-14(24-16(20-11)17-9-18-24)19-12-5-6-13-21-22-15(10(2)3)23(13)8-12/h7,9-10,12,19H,4-6,8H2,1-3H3/t12-/m0/s1. The molecule has 8 heteroatoms. The Labute approximate surface area is 140 Å². The highest BCUT2D eigenvalue weighted by Crippen LogP contribution is 2.22. The summed E-state index contributed by atoms with van der Waals surface area (Å²) < 4.78 is 4.02. The molecule has 8 nitrogen and oxygen atoms in total. The fraction of sp³-hybridized carbons (Fsp3) is 0.562. The molecule has 4 heterocycles. The van der Waals surface area contributed by atoms with Gasteiger partial charge in [-0.2, -0.15) is 14.6 Å². The average molecular weight is 326 g/mol. The van der Waals surface area contributed by atoms with Crippen molar-refractivity contribution in [2.24, 2.45) is 0 Å². The van der Waals surface area contributed by atoms with Gasteiger partial charge in [0.2, 0.25) is 0 Å². The molecule has 1 aliphatic rings. The van der Waals surface area contributed by atoms with Gasteiger partial charge in [-0.05, 0) is 12.8 Å². The molecular formula is C16H22N8. The van der Waals surface area contributed by atoms with Crippen LogP contribution in [0.15, 0.2) is 12.4 Å². The highest BCUT2D eigenvalue weighted by molar-refractivity contribution is 5.45. The van der Waals surface area contributed by atoms with Crippen molar-refractivity contribution < 1.29 is 0 Å². The molecular weight excluding hydrogens is 304 g/mol. The molecule has 126 valence electrons. The Morgan fingerprint density at radius 2 is 2.21 bits per heavy atom. The first-order valence-corrected chi connectivity index (χ1v) is 8.54. The van der Waals surface area contributed by atoms with E-state index in [0.29, 0.717) is 17.7 Å². The molecule has 0 radical (unpaired) electrons. The third kappa shape index (κ3) is 2.51. The molecule has 0 amide bonds. The molecule has 0 spiro atoms. The Balaban J connectivity index is 1.62. The van der Waals surface area contributed by atoms with Crippen LogP contribution >= 0.6 is 0 Å². The summed E-state index contributed by atoms with van der Waals surface area (Å²) in [6, 6.07) is 2.37. The number of hydrogen-bond donors (Lipinski definition) is 1. The van der Waals surface area contributed by atoms with Gasteiger partial charge in [0, 0.05) is 36.7 Å². The summed E-state index contributed by atoms with van der Waals surface area (Å²) >= 11 is 0. The number of rotatable bonds is 4. The summed E-state index contributed by atoms with van der Waals surface area (Å²) in [7, 11) is 0. The maximum atomic E-state index is 4.50. The second kappa shape index (κ2) is 5.85. The van der Waals surface area contributed by atoms with E-state index in [-0.39, 0.29) is 0 Å². The van der Waals surface area contributed by atoms with Gasteiger partial charge in [-0.3, -0.25) is 0 Å². The van der Waals surface area contributed by atoms with E-state index < -0.39 is 0 Å². The number of anilines is 1. The number of fused-ring (bicyclic) bond motifs is 2. The molecule has 0 saturated heterocycles. The molecule has 1 N–H and O–H groups in total. The largest absolute Gasteiger partial charge is 0.365 e. The lowest BCUT2D eigenvalue weighted by Gasteiger charge is -2.26. The Kier molecular flexibility index (Phi) is 3.66. The number of nitrogens with zero attached hydrogens (tertiary/aromatic N) is 7. The van der Waals surface area contributed by atoms with Crippen molar-refractivity contribution in [3.05, 3.63) is 29.7 Å². The Morgan fingerprint density at radius 1 is 1.33 bits per heavy atom. The summed E-state index contributed by atoms with van der Waals surface area (Å²) in [5.74, 6) is 4.11. The number of nitrogens with one attached hydrogen (secondary N) is 1. The van der Waals surface area contributed by atoms with Crippen molar-refractivity contribution in [2.45, 2.75) is 58.5 Å². The van der Waals surface area contributed by atoms with Crippen LogP contribution in [-0.4, -0.2) is 40.4 Å². The second-order valence-electron chi connectivity index (χ2n) is 6.58. The van der Waals surface area contributed by atoms with Crippen LogP contribution in [0.3, 0.4) is 0 Å². The van der Waals surface area contributed by atoms with Crippen LogP contribution in [0.2, 0.25) is 0 Å². The van der Waals surface area contributed by atoms with Gasteiger partial charge in [-0.25, -0.2) is 4.98 Å². The SMILES string of the molecule is CCc1cc(N[C@H]2CCc3nnc(C(C)C)n3C2)n2ncnc2n1. The first kappa shape index (κ1) is 15.0. The van der Waals surface area contributed by atoms with Crippen molar-refractivity contribution in [3.8, 4) is 0 Å². The van der Waals surface area contributed by atoms with E-state index in [1.165, 1.54) is 0 Å². The van der Waals surface area contributed by atoms with Gasteiger partial charge in [0.15, 0.2) is 0 Å². The predicted octanol–water partition coefficient (Wildman–Crippen LogP) is 1.83. The van der Waals surface area contributed by atoms with E-state index in [1.807, 2.05) is 0 Å². The normalized spacial score (nSPS) is 17.4. The lowest BCUT2D eigenvalue weighted by Crippen LogP contribution is -2.33. The molecule has 3 aromatic heterocycles. The predicted molar refractivity (Wildman–Crippen MR) is 90.0 cm³/mol. The maximum Gasteiger partial charge on any atom is 0.254 e. The monoisotopic (exact) mass is 326 g/mol. The summed E-state index contributed by atoms with van der Waals surface area (Å²) in [4.78, 5) is 8.72. The smallest absolute Gasteiger partial charge is 0.254 e. The molecule has 0 fully saturated rings. The molecule has 24 heavy (non-hydrogen) atoms. The van der Waals surface area contributed by atoms with Crippen molar-refractivity contribution in [1.82, 2.24) is 34.3 Å². The molecule has 3 aromatic rings. The molecule has 0 saturated carbocycles. The molecule has 4 rings (SSSR count). The molecule has 0 aromatic carbocycles. The Bertz CT molecular complexity index is 862. The second-order valence-corrected chi connectivity index (χ2v) is 6.58. The van der Waals surface area contributed by atoms with Crippen LogP contribution in [0.5, 0.6) is 0 Å². The maximum absolute atomic E-state index is 4.50. The van der Waals surface area contributed by atoms with Crippen LogP contribution in [-0.2, 0) is 19.4 Å². The van der Waals surface area contributed by atoms with E-state index in [1.54, 1.807) is 10.8 Å². The number of aromatic nitrogens is 7. The number of hydrogen-bond acceptors (Lipinski definition) is 6. The van der Waals surface area contributed by atoms with Crippen LogP contribution in [0.25, 0.3) is 5.78 Å². The van der Waals surface area contributed by atoms with Gasteiger partial charge in [0.25, 0.3) is 5.78 Å². The first-order valence-electron chi connectivity index (χ1n) is 8.54. The van der Waals surface area contributed by atoms with Crippen LogP contribution in [0, 0.1) is 0 Å². The van der Waals surface area contributed by atoms with Gasteiger partial charge in [-0.1, -0.05) is 20.8 Å². The van der Waals surface area contributed by atoms with E-state index in [0.717, 1.165) is 49.0 Å². The van der Waals surface area contributed by atoms with Crippen LogP contribution < -0.4 is 5.32 Å². The zero-order valence-electron chi connectivity index (χ0n) is 14.3. The zero-order chi connectivity index (χ0) is 16.7. The first-order chi connectivity index (χ1) is 11.7. The fourth-order valence-corrected chi connectivity index (χ4v) is 3.25. The minimum absolute atomic E-state index is 0.311. The zero-order valence-corrected chi connectivity index (χ0v) is 14.3. The highest BCUT2D eigenvalue weighted by atomic mass is 15.4. The lowest BCUT2D eigenvalue weighted by molar-refractivity contribution is 0.458. The molecule has 0 unspecified atom stereocenters. The van der Waals surface area contributed by atoms with Gasteiger partial charge in [-0.15, -0.1) is 10.2 Å². The van der Waals surface area contributed by atoms with Crippen molar-refractivity contribution in [3.63, 3.8) is 0 Å². The van der Waals surface area contributed by atoms with E-state index in [2.05, 4.69) is 62.0 Å². The van der Waals surface area contributed by atoms with Gasteiger partial charge < -0.3 is 9.88 Å². The van der Waals surface area contributed by atoms with Crippen molar-refractivity contribution in [1.29, 1.82) is 0 Å². The number of aryl methyl sites for hydroxylation is 2. The van der Waals surface area contributed by atoms with Crippen molar-refractivity contribution >= 4 is 11.6 Å². The van der Waals surface area contributed by atoms with Gasteiger partial charge >= 0.3 is 0 Å². The van der Waals surface area contributed by atoms with Crippen LogP contribution in [0.4, 0.5) is 5.82 Å². The van der Waals surface area contributed by atoms with Crippen LogP contribution in [0.1, 0.15) is 50.5 Å². The Morgan fingerprint density at radius 3 is 3.00 bits per heavy atom. The summed E-state index contributed by atoms with van der Waals surface area (Å²) in [6.07, 6.45) is 4.37. The minimum atomic E-state index is 0.311. The highest BCUT2D eigenvalue weighted by Gasteiger charge is 2.24. The van der Waals surface area contributed by atoms with E-state index in [4.69, 9.17) is 0 Å². The summed E-state index contributed by atoms with van der Waals surface area (Å²) in [6.45, 7) is 7.28. The third-order valence-electron chi connectivity index (χ3n) is 4.51. The van der Waals surface area contributed by atoms with E-state index in [9.17, 15) is 0 Å². The average Bonchev–Trinajstić information content (AvgIpc) is 3.20. The lowest BCUT2D eigenvalue weighted by atomic mass is 10.1. The van der Waals surface area contributed by atoms with Gasteiger partial charge in [0.1, 0.15) is 23.8 Å². The molecule has 0 aliphatic carbocycles. The summed E-state index contributed by atoms with van der Waals surface area (Å²) in [5, 5.41) is 16.6. The minimum Gasteiger partial charge on any atom is -0.365 e.